The second kappa shape index (κ2) is 6.80. The van der Waals surface area contributed by atoms with Crippen molar-refractivity contribution in [3.63, 3.8) is 0 Å². The number of thiocarbonyl (C=S) groups is 1. The molecule has 1 rings (SSSR count). The van der Waals surface area contributed by atoms with Crippen LogP contribution >= 0.6 is 12.2 Å². The Morgan fingerprint density at radius 1 is 1.65 bits per heavy atom. The summed E-state index contributed by atoms with van der Waals surface area (Å²) in [4.78, 5) is 15.5. The number of anilines is 1. The highest BCUT2D eigenvalue weighted by Crippen LogP contribution is 2.10. The molecular formula is C11H15N3O2S. The van der Waals surface area contributed by atoms with Gasteiger partial charge in [-0.05, 0) is 19.1 Å². The third-order valence-corrected chi connectivity index (χ3v) is 2.22. The van der Waals surface area contributed by atoms with Crippen LogP contribution in [0.1, 0.15) is 18.9 Å². The van der Waals surface area contributed by atoms with E-state index in [0.717, 1.165) is 0 Å². The van der Waals surface area contributed by atoms with E-state index in [1.165, 1.54) is 0 Å². The Morgan fingerprint density at radius 2 is 2.41 bits per heavy atom. The molecule has 92 valence electrons. The molecule has 1 heterocycles. The van der Waals surface area contributed by atoms with Crippen molar-refractivity contribution < 1.29 is 9.53 Å². The van der Waals surface area contributed by atoms with Crippen LogP contribution in [0.15, 0.2) is 18.3 Å². The maximum atomic E-state index is 11.1. The van der Waals surface area contributed by atoms with Crippen LogP contribution in [-0.4, -0.2) is 29.1 Å². The van der Waals surface area contributed by atoms with Crippen LogP contribution in [0, 0.1) is 0 Å². The fraction of sp³-hybridized carbons (Fsp3) is 0.364. The Hall–Kier alpha value is -1.69. The topological polar surface area (TPSA) is 77.2 Å². The number of carbonyl (C=O) groups is 1. The lowest BCUT2D eigenvalue weighted by Crippen LogP contribution is -2.16. The first-order chi connectivity index (χ1) is 8.15. The molecule has 0 saturated carbocycles. The van der Waals surface area contributed by atoms with Gasteiger partial charge in [-0.3, -0.25) is 4.79 Å². The smallest absolute Gasteiger partial charge is 0.307 e. The number of hydrogen-bond acceptors (Lipinski definition) is 5. The van der Waals surface area contributed by atoms with Crippen LogP contribution in [0.2, 0.25) is 0 Å². The average Bonchev–Trinajstić information content (AvgIpc) is 2.30. The Balaban J connectivity index is 2.52. The van der Waals surface area contributed by atoms with Gasteiger partial charge in [0.2, 0.25) is 0 Å². The van der Waals surface area contributed by atoms with Gasteiger partial charge < -0.3 is 15.8 Å². The molecule has 5 nitrogen and oxygen atoms in total. The van der Waals surface area contributed by atoms with Crippen molar-refractivity contribution >= 4 is 29.0 Å². The first-order valence-corrected chi connectivity index (χ1v) is 5.70. The molecule has 0 atom stereocenters. The summed E-state index contributed by atoms with van der Waals surface area (Å²) in [6.07, 6.45) is 1.91. The van der Waals surface area contributed by atoms with Gasteiger partial charge in [0.25, 0.3) is 0 Å². The van der Waals surface area contributed by atoms with E-state index in [-0.39, 0.29) is 17.4 Å². The molecular weight excluding hydrogens is 238 g/mol. The van der Waals surface area contributed by atoms with E-state index >= 15 is 0 Å². The third kappa shape index (κ3) is 4.36. The minimum Gasteiger partial charge on any atom is -0.466 e. The number of esters is 1. The monoisotopic (exact) mass is 253 g/mol. The molecule has 0 aromatic carbocycles. The molecule has 0 saturated heterocycles. The highest BCUT2D eigenvalue weighted by atomic mass is 32.1. The summed E-state index contributed by atoms with van der Waals surface area (Å²) in [6, 6.07) is 3.53. The summed E-state index contributed by atoms with van der Waals surface area (Å²) >= 11 is 4.90. The van der Waals surface area contributed by atoms with Crippen molar-refractivity contribution in [2.75, 3.05) is 18.5 Å². The van der Waals surface area contributed by atoms with Crippen molar-refractivity contribution in [1.29, 1.82) is 0 Å². The van der Waals surface area contributed by atoms with Crippen molar-refractivity contribution in [2.24, 2.45) is 5.73 Å². The molecule has 0 amide bonds. The molecule has 3 N–H and O–H groups in total. The summed E-state index contributed by atoms with van der Waals surface area (Å²) in [5.41, 5.74) is 6.23. The van der Waals surface area contributed by atoms with Gasteiger partial charge in [-0.25, -0.2) is 4.98 Å². The van der Waals surface area contributed by atoms with E-state index in [9.17, 15) is 4.79 Å². The fourth-order valence-electron chi connectivity index (χ4n) is 1.26. The van der Waals surface area contributed by atoms with Gasteiger partial charge in [-0.1, -0.05) is 12.2 Å². The number of nitrogens with zero attached hydrogens (tertiary/aromatic N) is 1. The van der Waals surface area contributed by atoms with Crippen LogP contribution in [0.25, 0.3) is 0 Å². The second-order valence-electron chi connectivity index (χ2n) is 3.25. The molecule has 1 aromatic rings. The number of aromatic nitrogens is 1. The molecule has 0 aliphatic carbocycles. The lowest BCUT2D eigenvalue weighted by molar-refractivity contribution is -0.142. The van der Waals surface area contributed by atoms with Gasteiger partial charge in [-0.15, -0.1) is 0 Å². The lowest BCUT2D eigenvalue weighted by atomic mass is 10.2. The zero-order valence-corrected chi connectivity index (χ0v) is 10.4. The number of pyridine rings is 1. The van der Waals surface area contributed by atoms with E-state index in [4.69, 9.17) is 22.7 Å². The molecule has 0 radical (unpaired) electrons. The predicted molar refractivity (Wildman–Crippen MR) is 69.9 cm³/mol. The first kappa shape index (κ1) is 13.4. The number of ether oxygens (including phenoxy) is 1. The van der Waals surface area contributed by atoms with Crippen molar-refractivity contribution in [3.8, 4) is 0 Å². The standard InChI is InChI=1S/C11H15N3O2S/c1-2-16-9(15)5-7-14-11-8(10(12)17)4-3-6-13-11/h3-4,6H,2,5,7H2,1H3,(H2,12,17)(H,13,14). The number of hydrogen-bond donors (Lipinski definition) is 2. The number of rotatable bonds is 6. The maximum absolute atomic E-state index is 11.1. The Labute approximate surface area is 105 Å². The second-order valence-corrected chi connectivity index (χ2v) is 3.69. The van der Waals surface area contributed by atoms with Crippen LogP contribution in [0.5, 0.6) is 0 Å². The molecule has 6 heteroatoms. The summed E-state index contributed by atoms with van der Waals surface area (Å²) in [6.45, 7) is 2.60. The highest BCUT2D eigenvalue weighted by molar-refractivity contribution is 7.80. The molecule has 0 fully saturated rings. The van der Waals surface area contributed by atoms with E-state index in [0.29, 0.717) is 24.5 Å². The molecule has 17 heavy (non-hydrogen) atoms. The van der Waals surface area contributed by atoms with Crippen molar-refractivity contribution in [2.45, 2.75) is 13.3 Å². The van der Waals surface area contributed by atoms with Gasteiger partial charge in [-0.2, -0.15) is 0 Å². The highest BCUT2D eigenvalue weighted by Gasteiger charge is 2.06. The van der Waals surface area contributed by atoms with E-state index in [1.807, 2.05) is 0 Å². The maximum Gasteiger partial charge on any atom is 0.307 e. The van der Waals surface area contributed by atoms with Crippen LogP contribution in [-0.2, 0) is 9.53 Å². The van der Waals surface area contributed by atoms with Gasteiger partial charge in [0.1, 0.15) is 10.8 Å². The zero-order valence-electron chi connectivity index (χ0n) is 9.60. The number of nitrogens with one attached hydrogen (secondary N) is 1. The van der Waals surface area contributed by atoms with Crippen LogP contribution in [0.3, 0.4) is 0 Å². The van der Waals surface area contributed by atoms with Crippen molar-refractivity contribution in [3.05, 3.63) is 23.9 Å². The minimum absolute atomic E-state index is 0.243. The molecule has 0 aliphatic heterocycles. The summed E-state index contributed by atoms with van der Waals surface area (Å²) in [5, 5.41) is 3.00. The Bertz CT molecular complexity index is 409. The minimum atomic E-state index is -0.243. The van der Waals surface area contributed by atoms with Gasteiger partial charge >= 0.3 is 5.97 Å². The molecule has 0 unspecified atom stereocenters. The predicted octanol–water partition coefficient (Wildman–Crippen LogP) is 1.08. The van der Waals surface area contributed by atoms with Crippen LogP contribution in [0.4, 0.5) is 5.82 Å². The van der Waals surface area contributed by atoms with Gasteiger partial charge in [0.05, 0.1) is 18.6 Å². The van der Waals surface area contributed by atoms with E-state index in [2.05, 4.69) is 10.3 Å². The number of carbonyl (C=O) groups excluding carboxylic acids is 1. The average molecular weight is 253 g/mol. The largest absolute Gasteiger partial charge is 0.466 e. The van der Waals surface area contributed by atoms with Crippen LogP contribution < -0.4 is 11.1 Å². The van der Waals surface area contributed by atoms with E-state index in [1.54, 1.807) is 25.3 Å². The Morgan fingerprint density at radius 3 is 3.06 bits per heavy atom. The molecule has 1 aromatic heterocycles. The third-order valence-electron chi connectivity index (χ3n) is 2.00. The normalized spacial score (nSPS) is 9.71. The van der Waals surface area contributed by atoms with E-state index < -0.39 is 0 Å². The Kier molecular flexibility index (Phi) is 5.35. The lowest BCUT2D eigenvalue weighted by Gasteiger charge is -2.09. The van der Waals surface area contributed by atoms with Crippen molar-refractivity contribution in [1.82, 2.24) is 4.98 Å². The summed E-state index contributed by atoms with van der Waals surface area (Å²) < 4.78 is 4.81. The fourth-order valence-corrected chi connectivity index (χ4v) is 1.43. The molecule has 0 aliphatic rings. The van der Waals surface area contributed by atoms with Gasteiger partial charge in [0, 0.05) is 12.7 Å². The molecule has 0 spiro atoms. The van der Waals surface area contributed by atoms with Gasteiger partial charge in [0.15, 0.2) is 0 Å². The summed E-state index contributed by atoms with van der Waals surface area (Å²) in [7, 11) is 0. The quantitative estimate of drug-likeness (QED) is 0.583. The zero-order chi connectivity index (χ0) is 12.7. The molecule has 0 bridgehead atoms. The SMILES string of the molecule is CCOC(=O)CCNc1ncccc1C(N)=S. The first-order valence-electron chi connectivity index (χ1n) is 5.29. The summed E-state index contributed by atoms with van der Waals surface area (Å²) in [5.74, 6) is 0.345. The number of nitrogens with two attached hydrogens (primary N) is 1.